The first-order chi connectivity index (χ1) is 11.5. The highest BCUT2D eigenvalue weighted by molar-refractivity contribution is 6.30. The number of anilines is 4. The molecule has 122 valence electrons. The number of nitrogens with zero attached hydrogens (tertiary/aromatic N) is 2. The molecule has 0 saturated heterocycles. The Morgan fingerprint density at radius 3 is 2.00 bits per heavy atom. The topological polar surface area (TPSA) is 49.8 Å². The van der Waals surface area contributed by atoms with E-state index in [1.54, 1.807) is 25.1 Å². The van der Waals surface area contributed by atoms with E-state index in [2.05, 4.69) is 20.6 Å². The number of nitrogens with one attached hydrogen (secondary N) is 2. The molecule has 0 atom stereocenters. The van der Waals surface area contributed by atoms with Gasteiger partial charge in [-0.2, -0.15) is 0 Å². The maximum atomic E-state index is 13.3. The summed E-state index contributed by atoms with van der Waals surface area (Å²) in [5.74, 6) is -0.270. The van der Waals surface area contributed by atoms with Gasteiger partial charge < -0.3 is 10.6 Å². The first-order valence-corrected chi connectivity index (χ1v) is 7.48. The Kier molecular flexibility index (Phi) is 4.57. The largest absolute Gasteiger partial charge is 0.340 e. The van der Waals surface area contributed by atoms with Crippen LogP contribution >= 0.6 is 11.6 Å². The average molecular weight is 347 g/mol. The Bertz CT molecular complexity index is 869. The Morgan fingerprint density at radius 1 is 0.792 bits per heavy atom. The number of aryl methyl sites for hydroxylation is 1. The van der Waals surface area contributed by atoms with Crippen molar-refractivity contribution in [1.29, 1.82) is 0 Å². The minimum Gasteiger partial charge on any atom is -0.340 e. The highest BCUT2D eigenvalue weighted by atomic mass is 35.5. The van der Waals surface area contributed by atoms with Crippen LogP contribution in [0.3, 0.4) is 0 Å². The van der Waals surface area contributed by atoms with Crippen molar-refractivity contribution >= 4 is 34.6 Å². The molecule has 4 nitrogen and oxygen atoms in total. The van der Waals surface area contributed by atoms with Crippen molar-refractivity contribution in [3.8, 4) is 0 Å². The van der Waals surface area contributed by atoms with E-state index in [1.807, 2.05) is 12.1 Å². The summed E-state index contributed by atoms with van der Waals surface area (Å²) in [4.78, 5) is 8.53. The minimum absolute atomic E-state index is 0.393. The number of aromatic nitrogens is 2. The Labute approximate surface area is 142 Å². The van der Waals surface area contributed by atoms with Gasteiger partial charge in [0.15, 0.2) is 11.6 Å². The van der Waals surface area contributed by atoms with Crippen molar-refractivity contribution in [3.63, 3.8) is 0 Å². The van der Waals surface area contributed by atoms with Crippen LogP contribution in [0.15, 0.2) is 48.5 Å². The molecule has 0 aliphatic heterocycles. The maximum Gasteiger partial charge on any atom is 0.160 e. The third-order valence-corrected chi connectivity index (χ3v) is 3.40. The monoisotopic (exact) mass is 346 g/mol. The van der Waals surface area contributed by atoms with E-state index >= 15 is 0 Å². The van der Waals surface area contributed by atoms with Crippen LogP contribution in [0, 0.1) is 18.6 Å². The third kappa shape index (κ3) is 3.97. The smallest absolute Gasteiger partial charge is 0.160 e. The van der Waals surface area contributed by atoms with E-state index in [4.69, 9.17) is 11.6 Å². The van der Waals surface area contributed by atoms with Crippen LogP contribution in [-0.2, 0) is 0 Å². The zero-order valence-electron chi connectivity index (χ0n) is 12.6. The summed E-state index contributed by atoms with van der Waals surface area (Å²) >= 11 is 5.86. The van der Waals surface area contributed by atoms with Crippen molar-refractivity contribution in [2.75, 3.05) is 10.6 Å². The number of hydrogen-bond donors (Lipinski definition) is 2. The van der Waals surface area contributed by atoms with Crippen LogP contribution in [-0.4, -0.2) is 9.97 Å². The molecular weight excluding hydrogens is 334 g/mol. The Hall–Kier alpha value is -2.73. The van der Waals surface area contributed by atoms with E-state index in [1.165, 1.54) is 6.07 Å². The second-order valence-corrected chi connectivity index (χ2v) is 5.51. The summed E-state index contributed by atoms with van der Waals surface area (Å²) in [7, 11) is 0. The van der Waals surface area contributed by atoms with Gasteiger partial charge in [0.25, 0.3) is 0 Å². The molecule has 2 aromatic carbocycles. The van der Waals surface area contributed by atoms with Gasteiger partial charge in [-0.1, -0.05) is 11.6 Å². The lowest BCUT2D eigenvalue weighted by Gasteiger charge is -2.10. The number of benzene rings is 2. The maximum absolute atomic E-state index is 13.3. The molecule has 0 unspecified atom stereocenters. The highest BCUT2D eigenvalue weighted by Crippen LogP contribution is 2.22. The summed E-state index contributed by atoms with van der Waals surface area (Å²) < 4.78 is 26.3. The molecule has 0 radical (unpaired) electrons. The van der Waals surface area contributed by atoms with Crippen LogP contribution in [0.25, 0.3) is 0 Å². The molecule has 2 N–H and O–H groups in total. The molecule has 1 heterocycles. The standard InChI is InChI=1S/C17H13ClF2N4/c1-10-21-16(23-12-4-2-11(18)3-5-12)9-17(22-10)24-13-6-7-14(19)15(20)8-13/h2-9H,1H3,(H2,21,22,23,24). The third-order valence-electron chi connectivity index (χ3n) is 3.15. The van der Waals surface area contributed by atoms with Gasteiger partial charge in [-0.05, 0) is 43.3 Å². The van der Waals surface area contributed by atoms with Gasteiger partial charge in [-0.25, -0.2) is 18.7 Å². The molecule has 24 heavy (non-hydrogen) atoms. The molecule has 3 aromatic rings. The molecule has 3 rings (SSSR count). The molecule has 0 spiro atoms. The van der Waals surface area contributed by atoms with Crippen molar-refractivity contribution in [1.82, 2.24) is 9.97 Å². The van der Waals surface area contributed by atoms with Gasteiger partial charge in [-0.3, -0.25) is 0 Å². The second kappa shape index (κ2) is 6.80. The molecule has 7 heteroatoms. The summed E-state index contributed by atoms with van der Waals surface area (Å²) in [6.45, 7) is 1.74. The van der Waals surface area contributed by atoms with E-state index in [9.17, 15) is 8.78 Å². The highest BCUT2D eigenvalue weighted by Gasteiger charge is 2.06. The summed E-state index contributed by atoms with van der Waals surface area (Å²) in [6.07, 6.45) is 0. The van der Waals surface area contributed by atoms with Gasteiger partial charge in [0.05, 0.1) is 0 Å². The second-order valence-electron chi connectivity index (χ2n) is 5.07. The van der Waals surface area contributed by atoms with Crippen LogP contribution in [0.5, 0.6) is 0 Å². The molecule has 1 aromatic heterocycles. The van der Waals surface area contributed by atoms with Crippen molar-refractivity contribution < 1.29 is 8.78 Å². The quantitative estimate of drug-likeness (QED) is 0.681. The van der Waals surface area contributed by atoms with Gasteiger partial charge in [-0.15, -0.1) is 0 Å². The molecule has 0 saturated carbocycles. The Morgan fingerprint density at radius 2 is 1.38 bits per heavy atom. The summed E-state index contributed by atoms with van der Waals surface area (Å²) in [5.41, 5.74) is 1.21. The van der Waals surface area contributed by atoms with Gasteiger partial charge in [0.2, 0.25) is 0 Å². The number of halogens is 3. The van der Waals surface area contributed by atoms with E-state index in [0.29, 0.717) is 28.2 Å². The van der Waals surface area contributed by atoms with Crippen molar-refractivity contribution in [2.24, 2.45) is 0 Å². The normalized spacial score (nSPS) is 10.5. The average Bonchev–Trinajstić information content (AvgIpc) is 2.53. The summed E-state index contributed by atoms with van der Waals surface area (Å²) in [5, 5.41) is 6.70. The molecule has 0 aliphatic rings. The van der Waals surface area contributed by atoms with Crippen LogP contribution in [0.4, 0.5) is 31.8 Å². The van der Waals surface area contributed by atoms with Crippen molar-refractivity contribution in [3.05, 3.63) is 71.0 Å². The SMILES string of the molecule is Cc1nc(Nc2ccc(Cl)cc2)cc(Nc2ccc(F)c(F)c2)n1. The van der Waals surface area contributed by atoms with E-state index in [0.717, 1.165) is 17.8 Å². The van der Waals surface area contributed by atoms with E-state index in [-0.39, 0.29) is 0 Å². The van der Waals surface area contributed by atoms with Crippen LogP contribution < -0.4 is 10.6 Å². The van der Waals surface area contributed by atoms with Crippen LogP contribution in [0.2, 0.25) is 5.02 Å². The fraction of sp³-hybridized carbons (Fsp3) is 0.0588. The first kappa shape index (κ1) is 16.1. The van der Waals surface area contributed by atoms with Gasteiger partial charge >= 0.3 is 0 Å². The number of hydrogen-bond acceptors (Lipinski definition) is 4. The molecule has 0 amide bonds. The lowest BCUT2D eigenvalue weighted by Crippen LogP contribution is -2.02. The fourth-order valence-corrected chi connectivity index (χ4v) is 2.22. The zero-order valence-corrected chi connectivity index (χ0v) is 13.4. The van der Waals surface area contributed by atoms with Gasteiger partial charge in [0.1, 0.15) is 17.5 Å². The predicted molar refractivity (Wildman–Crippen MR) is 91.1 cm³/mol. The molecular formula is C17H13ClF2N4. The zero-order chi connectivity index (χ0) is 17.1. The van der Waals surface area contributed by atoms with E-state index < -0.39 is 11.6 Å². The van der Waals surface area contributed by atoms with Crippen LogP contribution in [0.1, 0.15) is 5.82 Å². The lowest BCUT2D eigenvalue weighted by atomic mass is 10.3. The predicted octanol–water partition coefficient (Wildman–Crippen LogP) is 5.20. The lowest BCUT2D eigenvalue weighted by molar-refractivity contribution is 0.509. The molecule has 0 bridgehead atoms. The fourth-order valence-electron chi connectivity index (χ4n) is 2.10. The van der Waals surface area contributed by atoms with Crippen molar-refractivity contribution in [2.45, 2.75) is 6.92 Å². The Balaban J connectivity index is 1.82. The molecule has 0 aliphatic carbocycles. The van der Waals surface area contributed by atoms with Gasteiger partial charge in [0, 0.05) is 28.5 Å². The first-order valence-electron chi connectivity index (χ1n) is 7.10. The summed E-state index contributed by atoms with van der Waals surface area (Å²) in [6, 6.07) is 12.4. The minimum atomic E-state index is -0.926. The molecule has 0 fully saturated rings. The number of rotatable bonds is 4.